The summed E-state index contributed by atoms with van der Waals surface area (Å²) in [6.45, 7) is 12.5. The molecule has 2 aromatic heterocycles. The maximum Gasteiger partial charge on any atom is 0.222 e. The third-order valence-corrected chi connectivity index (χ3v) is 7.45. The molecule has 4 aromatic rings. The largest absolute Gasteiger partial charge is 0.497 e. The zero-order chi connectivity index (χ0) is 26.8. The molecule has 1 aliphatic heterocycles. The molecule has 0 radical (unpaired) electrons. The average molecular weight is 511 g/mol. The number of amides is 1. The van der Waals surface area contributed by atoms with Gasteiger partial charge in [-0.25, -0.2) is 4.98 Å². The van der Waals surface area contributed by atoms with Crippen LogP contribution in [-0.2, 0) is 11.3 Å². The maximum absolute atomic E-state index is 12.6. The predicted octanol–water partition coefficient (Wildman–Crippen LogP) is 5.98. The first-order valence-corrected chi connectivity index (χ1v) is 13.6. The van der Waals surface area contributed by atoms with Crippen LogP contribution < -0.4 is 4.74 Å². The van der Waals surface area contributed by atoms with E-state index in [1.54, 1.807) is 7.11 Å². The maximum atomic E-state index is 12.6. The highest BCUT2D eigenvalue weighted by atomic mass is 16.5. The molecule has 1 amide bonds. The van der Waals surface area contributed by atoms with E-state index in [1.807, 2.05) is 17.0 Å². The summed E-state index contributed by atoms with van der Waals surface area (Å²) >= 11 is 0. The summed E-state index contributed by atoms with van der Waals surface area (Å²) in [5, 5.41) is 0. The number of methoxy groups -OCH3 is 1. The van der Waals surface area contributed by atoms with Crippen LogP contribution in [0.25, 0.3) is 28.0 Å². The van der Waals surface area contributed by atoms with E-state index in [4.69, 9.17) is 9.72 Å². The smallest absolute Gasteiger partial charge is 0.222 e. The first-order valence-electron chi connectivity index (χ1n) is 13.6. The van der Waals surface area contributed by atoms with E-state index in [0.717, 1.165) is 61.1 Å². The zero-order valence-corrected chi connectivity index (χ0v) is 23.2. The zero-order valence-electron chi connectivity index (χ0n) is 23.2. The van der Waals surface area contributed by atoms with Gasteiger partial charge in [0.2, 0.25) is 5.91 Å². The minimum Gasteiger partial charge on any atom is -0.497 e. The van der Waals surface area contributed by atoms with Gasteiger partial charge in [-0.15, -0.1) is 0 Å². The third kappa shape index (κ3) is 5.46. The highest BCUT2D eigenvalue weighted by Gasteiger charge is 2.24. The minimum absolute atomic E-state index is 0.268. The number of carbonyl (C=O) groups is 1. The number of fused-ring (bicyclic) bond motifs is 1. The molecule has 5 rings (SSSR count). The van der Waals surface area contributed by atoms with E-state index in [-0.39, 0.29) is 5.91 Å². The SMILES string of the molecule is COc1cccc(-c2nc3ccc(-c4cc(C)ccc4C)cn3c2CN2CCN(C(=O)CC(C)C)CC2)c1. The summed E-state index contributed by atoms with van der Waals surface area (Å²) < 4.78 is 7.77. The molecule has 0 atom stereocenters. The quantitative estimate of drug-likeness (QED) is 0.307. The van der Waals surface area contributed by atoms with Gasteiger partial charge in [-0.2, -0.15) is 0 Å². The molecule has 1 aliphatic rings. The number of imidazole rings is 1. The highest BCUT2D eigenvalue weighted by Crippen LogP contribution is 2.31. The molecule has 1 fully saturated rings. The molecule has 0 aliphatic carbocycles. The number of piperazine rings is 1. The number of nitrogens with zero attached hydrogens (tertiary/aromatic N) is 4. The van der Waals surface area contributed by atoms with Gasteiger partial charge in [-0.05, 0) is 60.7 Å². The Hall–Kier alpha value is -3.64. The first-order chi connectivity index (χ1) is 18.3. The van der Waals surface area contributed by atoms with Crippen LogP contribution in [-0.4, -0.2) is 58.4 Å². The molecule has 198 valence electrons. The van der Waals surface area contributed by atoms with Gasteiger partial charge >= 0.3 is 0 Å². The Morgan fingerprint density at radius 1 is 0.974 bits per heavy atom. The van der Waals surface area contributed by atoms with Crippen LogP contribution in [0.3, 0.4) is 0 Å². The molecular formula is C32H38N4O2. The molecule has 38 heavy (non-hydrogen) atoms. The molecule has 1 saturated heterocycles. The number of hydrogen-bond donors (Lipinski definition) is 0. The summed E-state index contributed by atoms with van der Waals surface area (Å²) in [4.78, 5) is 22.2. The van der Waals surface area contributed by atoms with Crippen molar-refractivity contribution < 1.29 is 9.53 Å². The lowest BCUT2D eigenvalue weighted by Gasteiger charge is -2.35. The first kappa shape index (κ1) is 26.0. The fourth-order valence-corrected chi connectivity index (χ4v) is 5.30. The molecule has 6 nitrogen and oxygen atoms in total. The van der Waals surface area contributed by atoms with Crippen LogP contribution in [0.4, 0.5) is 0 Å². The van der Waals surface area contributed by atoms with Crippen molar-refractivity contribution in [2.24, 2.45) is 5.92 Å². The van der Waals surface area contributed by atoms with Crippen molar-refractivity contribution in [2.75, 3.05) is 33.3 Å². The standard InChI is InChI=1S/C32H38N4O2/c1-22(2)17-31(37)35-15-13-34(14-16-35)21-29-32(25-7-6-8-27(19-25)38-5)33-30-12-11-26(20-36(29)30)28-18-23(3)9-10-24(28)4/h6-12,18-20,22H,13-17,21H2,1-5H3. The Bertz CT molecular complexity index is 1450. The summed E-state index contributed by atoms with van der Waals surface area (Å²) in [6.07, 6.45) is 2.85. The van der Waals surface area contributed by atoms with E-state index >= 15 is 0 Å². The monoisotopic (exact) mass is 510 g/mol. The number of pyridine rings is 1. The van der Waals surface area contributed by atoms with Crippen LogP contribution in [0.15, 0.2) is 60.8 Å². The van der Waals surface area contributed by atoms with Crippen LogP contribution in [0.2, 0.25) is 0 Å². The minimum atomic E-state index is 0.268. The van der Waals surface area contributed by atoms with Crippen LogP contribution in [0.1, 0.15) is 37.1 Å². The number of aromatic nitrogens is 2. The van der Waals surface area contributed by atoms with Crippen molar-refractivity contribution >= 4 is 11.6 Å². The number of rotatable bonds is 7. The number of aryl methyl sites for hydroxylation is 2. The van der Waals surface area contributed by atoms with Crippen molar-refractivity contribution in [3.8, 4) is 28.1 Å². The van der Waals surface area contributed by atoms with Crippen molar-refractivity contribution in [2.45, 2.75) is 40.7 Å². The Morgan fingerprint density at radius 2 is 1.76 bits per heavy atom. The lowest BCUT2D eigenvalue weighted by molar-refractivity contribution is -0.133. The van der Waals surface area contributed by atoms with Gasteiger partial charge < -0.3 is 14.0 Å². The highest BCUT2D eigenvalue weighted by molar-refractivity contribution is 5.76. The molecule has 0 saturated carbocycles. The second-order valence-corrected chi connectivity index (χ2v) is 10.9. The van der Waals surface area contributed by atoms with Gasteiger partial charge in [0.05, 0.1) is 18.5 Å². The lowest BCUT2D eigenvalue weighted by atomic mass is 10.00. The van der Waals surface area contributed by atoms with E-state index in [0.29, 0.717) is 12.3 Å². The topological polar surface area (TPSA) is 50.1 Å². The van der Waals surface area contributed by atoms with E-state index in [9.17, 15) is 4.79 Å². The van der Waals surface area contributed by atoms with Gasteiger partial charge in [-0.1, -0.05) is 49.7 Å². The Labute approximate surface area is 225 Å². The Kier molecular flexibility index (Phi) is 7.52. The molecule has 3 heterocycles. The van der Waals surface area contributed by atoms with Gasteiger partial charge in [0.1, 0.15) is 11.4 Å². The molecule has 0 N–H and O–H groups in total. The number of hydrogen-bond acceptors (Lipinski definition) is 4. The second-order valence-electron chi connectivity index (χ2n) is 10.9. The lowest BCUT2D eigenvalue weighted by Crippen LogP contribution is -2.48. The summed E-state index contributed by atoms with van der Waals surface area (Å²) in [6, 6.07) is 19.0. The van der Waals surface area contributed by atoms with E-state index < -0.39 is 0 Å². The van der Waals surface area contributed by atoms with Crippen LogP contribution >= 0.6 is 0 Å². The van der Waals surface area contributed by atoms with E-state index in [2.05, 4.69) is 85.7 Å². The van der Waals surface area contributed by atoms with Gasteiger partial charge in [0, 0.05) is 50.9 Å². The Balaban J connectivity index is 1.51. The number of carbonyl (C=O) groups excluding carboxylic acids is 1. The molecule has 0 unspecified atom stereocenters. The van der Waals surface area contributed by atoms with Crippen molar-refractivity contribution in [3.05, 3.63) is 77.6 Å². The Morgan fingerprint density at radius 3 is 2.50 bits per heavy atom. The van der Waals surface area contributed by atoms with Gasteiger partial charge in [0.15, 0.2) is 0 Å². The predicted molar refractivity (Wildman–Crippen MR) is 153 cm³/mol. The van der Waals surface area contributed by atoms with Gasteiger partial charge in [0.25, 0.3) is 0 Å². The number of ether oxygens (including phenoxy) is 1. The van der Waals surface area contributed by atoms with Crippen molar-refractivity contribution in [1.29, 1.82) is 0 Å². The van der Waals surface area contributed by atoms with E-state index in [1.165, 1.54) is 22.3 Å². The van der Waals surface area contributed by atoms with Crippen LogP contribution in [0.5, 0.6) is 5.75 Å². The summed E-state index contributed by atoms with van der Waals surface area (Å²) in [7, 11) is 1.69. The molecule has 0 spiro atoms. The normalized spacial score (nSPS) is 14.4. The van der Waals surface area contributed by atoms with Crippen LogP contribution in [0, 0.1) is 19.8 Å². The fourth-order valence-electron chi connectivity index (χ4n) is 5.30. The number of benzene rings is 2. The van der Waals surface area contributed by atoms with Crippen molar-refractivity contribution in [3.63, 3.8) is 0 Å². The average Bonchev–Trinajstić information content (AvgIpc) is 3.27. The van der Waals surface area contributed by atoms with Gasteiger partial charge in [-0.3, -0.25) is 9.69 Å². The summed E-state index contributed by atoms with van der Waals surface area (Å²) in [5.41, 5.74) is 9.03. The molecule has 0 bridgehead atoms. The second kappa shape index (κ2) is 11.0. The molecule has 2 aromatic carbocycles. The van der Waals surface area contributed by atoms with Crippen molar-refractivity contribution in [1.82, 2.24) is 19.2 Å². The fraction of sp³-hybridized carbons (Fsp3) is 0.375. The third-order valence-electron chi connectivity index (χ3n) is 7.45. The summed E-state index contributed by atoms with van der Waals surface area (Å²) in [5.74, 6) is 1.47. The molecular weight excluding hydrogens is 472 g/mol. The molecule has 6 heteroatoms.